The largest absolute Gasteiger partial charge is 0.336 e. The zero-order valence-electron chi connectivity index (χ0n) is 9.91. The number of hydrogen-bond acceptors (Lipinski definition) is 2. The second-order valence-corrected chi connectivity index (χ2v) is 4.35. The Labute approximate surface area is 102 Å². The molecule has 0 spiro atoms. The van der Waals surface area contributed by atoms with Gasteiger partial charge in [-0.15, -0.1) is 0 Å². The number of carbonyl (C=O) groups is 1. The zero-order valence-corrected chi connectivity index (χ0v) is 9.91. The Hall–Kier alpha value is -1.55. The second kappa shape index (κ2) is 6.25. The van der Waals surface area contributed by atoms with E-state index in [0.717, 1.165) is 18.7 Å². The van der Waals surface area contributed by atoms with Gasteiger partial charge >= 0.3 is 6.03 Å². The molecule has 0 bridgehead atoms. The van der Waals surface area contributed by atoms with Gasteiger partial charge in [0.1, 0.15) is 0 Å². The van der Waals surface area contributed by atoms with Crippen molar-refractivity contribution < 1.29 is 4.79 Å². The monoisotopic (exact) mass is 233 g/mol. The van der Waals surface area contributed by atoms with E-state index in [-0.39, 0.29) is 6.03 Å². The van der Waals surface area contributed by atoms with E-state index in [4.69, 9.17) is 0 Å². The normalized spacial score (nSPS) is 19.6. The fraction of sp³-hybridized carbons (Fsp3) is 0.462. The molecule has 0 aromatic heterocycles. The number of para-hydroxylation sites is 1. The van der Waals surface area contributed by atoms with Gasteiger partial charge in [0, 0.05) is 18.3 Å². The van der Waals surface area contributed by atoms with Crippen LogP contribution in [-0.2, 0) is 0 Å². The molecule has 1 aromatic carbocycles. The Kier molecular flexibility index (Phi) is 4.38. The first-order chi connectivity index (χ1) is 8.34. The number of carbonyl (C=O) groups excluding carboxylic acids is 1. The first kappa shape index (κ1) is 11.9. The number of hydrogen-bond donors (Lipinski definition) is 3. The molecule has 17 heavy (non-hydrogen) atoms. The van der Waals surface area contributed by atoms with Gasteiger partial charge in [-0.1, -0.05) is 24.6 Å². The minimum absolute atomic E-state index is 0.136. The van der Waals surface area contributed by atoms with Crippen LogP contribution in [0.2, 0.25) is 0 Å². The molecular weight excluding hydrogens is 214 g/mol. The lowest BCUT2D eigenvalue weighted by Gasteiger charge is -2.23. The molecule has 1 aliphatic rings. The predicted octanol–water partition coefficient (Wildman–Crippen LogP) is 1.95. The Morgan fingerprint density at radius 1 is 1.29 bits per heavy atom. The molecule has 0 aliphatic carbocycles. The van der Waals surface area contributed by atoms with Gasteiger partial charge in [-0.05, 0) is 31.5 Å². The lowest BCUT2D eigenvalue weighted by Crippen LogP contribution is -2.44. The summed E-state index contributed by atoms with van der Waals surface area (Å²) < 4.78 is 0. The summed E-state index contributed by atoms with van der Waals surface area (Å²) in [5, 5.41) is 9.09. The highest BCUT2D eigenvalue weighted by atomic mass is 16.2. The maximum atomic E-state index is 11.6. The van der Waals surface area contributed by atoms with Crippen molar-refractivity contribution in [1.29, 1.82) is 0 Å². The summed E-state index contributed by atoms with van der Waals surface area (Å²) in [4.78, 5) is 11.6. The molecule has 1 fully saturated rings. The van der Waals surface area contributed by atoms with Crippen LogP contribution in [0.5, 0.6) is 0 Å². The highest BCUT2D eigenvalue weighted by Gasteiger charge is 2.12. The van der Waals surface area contributed by atoms with Crippen LogP contribution in [0.15, 0.2) is 30.3 Å². The van der Waals surface area contributed by atoms with Gasteiger partial charge in [-0.25, -0.2) is 4.79 Å². The first-order valence-electron chi connectivity index (χ1n) is 6.18. The summed E-state index contributed by atoms with van der Waals surface area (Å²) in [6.07, 6.45) is 3.64. The fourth-order valence-electron chi connectivity index (χ4n) is 2.01. The number of anilines is 1. The summed E-state index contributed by atoms with van der Waals surface area (Å²) in [6.45, 7) is 1.76. The van der Waals surface area contributed by atoms with Crippen molar-refractivity contribution in [3.8, 4) is 0 Å². The van der Waals surface area contributed by atoms with Gasteiger partial charge in [0.25, 0.3) is 0 Å². The smallest absolute Gasteiger partial charge is 0.319 e. The van der Waals surface area contributed by atoms with Crippen LogP contribution in [0, 0.1) is 0 Å². The number of urea groups is 1. The van der Waals surface area contributed by atoms with E-state index in [2.05, 4.69) is 16.0 Å². The maximum Gasteiger partial charge on any atom is 0.319 e. The average molecular weight is 233 g/mol. The molecule has 1 aliphatic heterocycles. The Bertz CT molecular complexity index is 347. The maximum absolute atomic E-state index is 11.6. The van der Waals surface area contributed by atoms with E-state index in [1.165, 1.54) is 12.8 Å². The Morgan fingerprint density at radius 2 is 2.12 bits per heavy atom. The minimum atomic E-state index is -0.136. The van der Waals surface area contributed by atoms with E-state index in [9.17, 15) is 4.79 Å². The van der Waals surface area contributed by atoms with E-state index in [0.29, 0.717) is 12.6 Å². The van der Waals surface area contributed by atoms with Crippen LogP contribution >= 0.6 is 0 Å². The molecule has 4 heteroatoms. The molecule has 1 atom stereocenters. The average Bonchev–Trinajstić information content (AvgIpc) is 2.39. The third kappa shape index (κ3) is 4.07. The molecule has 1 saturated heterocycles. The molecule has 92 valence electrons. The number of benzene rings is 1. The molecule has 0 unspecified atom stereocenters. The van der Waals surface area contributed by atoms with Crippen LogP contribution < -0.4 is 16.0 Å². The van der Waals surface area contributed by atoms with Crippen molar-refractivity contribution in [2.75, 3.05) is 18.4 Å². The van der Waals surface area contributed by atoms with Crippen molar-refractivity contribution in [1.82, 2.24) is 10.6 Å². The topological polar surface area (TPSA) is 53.2 Å². The Balaban J connectivity index is 1.70. The van der Waals surface area contributed by atoms with Gasteiger partial charge in [0.15, 0.2) is 0 Å². The van der Waals surface area contributed by atoms with Gasteiger partial charge < -0.3 is 16.0 Å². The highest BCUT2D eigenvalue weighted by molar-refractivity contribution is 5.89. The molecular formula is C13H19N3O. The van der Waals surface area contributed by atoms with Gasteiger partial charge in [0.05, 0.1) is 0 Å². The van der Waals surface area contributed by atoms with Crippen LogP contribution in [0.4, 0.5) is 10.5 Å². The molecule has 3 N–H and O–H groups in total. The summed E-state index contributed by atoms with van der Waals surface area (Å²) in [7, 11) is 0. The molecule has 2 amide bonds. The van der Waals surface area contributed by atoms with Crippen molar-refractivity contribution >= 4 is 11.7 Å². The van der Waals surface area contributed by atoms with Crippen molar-refractivity contribution in [3.63, 3.8) is 0 Å². The molecule has 0 radical (unpaired) electrons. The molecule has 0 saturated carbocycles. The molecule has 4 nitrogen and oxygen atoms in total. The summed E-state index contributed by atoms with van der Waals surface area (Å²) >= 11 is 0. The van der Waals surface area contributed by atoms with Gasteiger partial charge in [-0.3, -0.25) is 0 Å². The summed E-state index contributed by atoms with van der Waals surface area (Å²) in [5.74, 6) is 0. The Morgan fingerprint density at radius 3 is 2.82 bits per heavy atom. The van der Waals surface area contributed by atoms with Crippen LogP contribution in [0.3, 0.4) is 0 Å². The van der Waals surface area contributed by atoms with Crippen LogP contribution in [-0.4, -0.2) is 25.2 Å². The van der Waals surface area contributed by atoms with E-state index in [1.54, 1.807) is 0 Å². The van der Waals surface area contributed by atoms with Gasteiger partial charge in [-0.2, -0.15) is 0 Å². The number of amides is 2. The predicted molar refractivity (Wildman–Crippen MR) is 69.1 cm³/mol. The lowest BCUT2D eigenvalue weighted by molar-refractivity contribution is 0.249. The molecule has 1 heterocycles. The summed E-state index contributed by atoms with van der Waals surface area (Å²) in [5.41, 5.74) is 0.821. The fourth-order valence-corrected chi connectivity index (χ4v) is 2.01. The molecule has 1 aromatic rings. The molecule has 2 rings (SSSR count). The van der Waals surface area contributed by atoms with E-state index < -0.39 is 0 Å². The summed E-state index contributed by atoms with van der Waals surface area (Å²) in [6, 6.07) is 9.76. The standard InChI is InChI=1S/C13H19N3O/c17-13(16-11-6-2-1-3-7-11)15-10-12-8-4-5-9-14-12/h1-3,6-7,12,14H,4-5,8-10H2,(H2,15,16,17)/t12-/m1/s1. The quantitative estimate of drug-likeness (QED) is 0.747. The van der Waals surface area contributed by atoms with Crippen LogP contribution in [0.1, 0.15) is 19.3 Å². The second-order valence-electron chi connectivity index (χ2n) is 4.35. The number of rotatable bonds is 3. The first-order valence-corrected chi connectivity index (χ1v) is 6.18. The third-order valence-electron chi connectivity index (χ3n) is 2.95. The number of piperidine rings is 1. The van der Waals surface area contributed by atoms with Crippen molar-refractivity contribution in [2.24, 2.45) is 0 Å². The number of nitrogens with one attached hydrogen (secondary N) is 3. The van der Waals surface area contributed by atoms with E-state index in [1.807, 2.05) is 30.3 Å². The highest BCUT2D eigenvalue weighted by Crippen LogP contribution is 2.06. The van der Waals surface area contributed by atoms with Crippen LogP contribution in [0.25, 0.3) is 0 Å². The lowest BCUT2D eigenvalue weighted by atomic mass is 10.1. The third-order valence-corrected chi connectivity index (χ3v) is 2.95. The zero-order chi connectivity index (χ0) is 11.9. The SMILES string of the molecule is O=C(NC[C@H]1CCCCN1)Nc1ccccc1. The van der Waals surface area contributed by atoms with Crippen molar-refractivity contribution in [2.45, 2.75) is 25.3 Å². The van der Waals surface area contributed by atoms with Gasteiger partial charge in [0.2, 0.25) is 0 Å². The van der Waals surface area contributed by atoms with Crippen molar-refractivity contribution in [3.05, 3.63) is 30.3 Å². The van der Waals surface area contributed by atoms with E-state index >= 15 is 0 Å². The minimum Gasteiger partial charge on any atom is -0.336 e.